The molecular formula is C25H20F2N4O3. The third-order valence-electron chi connectivity index (χ3n) is 5.79. The lowest BCUT2D eigenvalue weighted by Gasteiger charge is -2.19. The van der Waals surface area contributed by atoms with E-state index >= 15 is 0 Å². The largest absolute Gasteiger partial charge is 0.508 e. The predicted molar refractivity (Wildman–Crippen MR) is 122 cm³/mol. The molecule has 2 heterocycles. The molecule has 0 fully saturated rings. The van der Waals surface area contributed by atoms with Gasteiger partial charge in [0.1, 0.15) is 34.5 Å². The Morgan fingerprint density at radius 1 is 1.00 bits per heavy atom. The van der Waals surface area contributed by atoms with Crippen LogP contribution in [0.4, 0.5) is 20.3 Å². The topological polar surface area (TPSA) is 90.6 Å². The number of rotatable bonds is 4. The minimum atomic E-state index is -0.634. The van der Waals surface area contributed by atoms with Gasteiger partial charge in [-0.1, -0.05) is 24.3 Å². The fourth-order valence-electron chi connectivity index (χ4n) is 4.12. The Labute approximate surface area is 193 Å². The van der Waals surface area contributed by atoms with E-state index in [4.69, 9.17) is 0 Å². The number of carbonyl (C=O) groups is 1. The summed E-state index contributed by atoms with van der Waals surface area (Å²) < 4.78 is 29.3. The minimum absolute atomic E-state index is 0.0199. The summed E-state index contributed by atoms with van der Waals surface area (Å²) in [7, 11) is 1.59. The van der Waals surface area contributed by atoms with Gasteiger partial charge in [0.25, 0.3) is 5.91 Å². The summed E-state index contributed by atoms with van der Waals surface area (Å²) in [5.41, 5.74) is 2.33. The van der Waals surface area contributed by atoms with Crippen LogP contribution < -0.4 is 5.32 Å². The third-order valence-corrected chi connectivity index (χ3v) is 5.79. The molecule has 0 unspecified atom stereocenters. The van der Waals surface area contributed by atoms with Crippen LogP contribution in [0.25, 0.3) is 11.3 Å². The lowest BCUT2D eigenvalue weighted by molar-refractivity contribution is 0.0749. The Morgan fingerprint density at radius 2 is 1.71 bits per heavy atom. The van der Waals surface area contributed by atoms with E-state index in [1.54, 1.807) is 11.9 Å². The normalized spacial score (nSPS) is 12.6. The van der Waals surface area contributed by atoms with Gasteiger partial charge in [-0.25, -0.2) is 8.78 Å². The molecular weight excluding hydrogens is 442 g/mol. The molecule has 34 heavy (non-hydrogen) atoms. The van der Waals surface area contributed by atoms with E-state index in [2.05, 4.69) is 10.4 Å². The Morgan fingerprint density at radius 3 is 2.41 bits per heavy atom. The van der Waals surface area contributed by atoms with Gasteiger partial charge in [-0.05, 0) is 29.3 Å². The Kier molecular flexibility index (Phi) is 5.16. The smallest absolute Gasteiger partial charge is 0.260 e. The maximum absolute atomic E-state index is 14.2. The molecule has 5 rings (SSSR count). The van der Waals surface area contributed by atoms with Crippen LogP contribution in [-0.4, -0.2) is 30.8 Å². The number of nitrogens with zero attached hydrogens (tertiary/aromatic N) is 3. The maximum Gasteiger partial charge on any atom is 0.260 e. The lowest BCUT2D eigenvalue weighted by Crippen LogP contribution is -2.26. The van der Waals surface area contributed by atoms with Crippen molar-refractivity contribution in [3.05, 3.63) is 89.0 Å². The first-order valence-electron chi connectivity index (χ1n) is 10.5. The molecule has 3 N–H and O–H groups in total. The van der Waals surface area contributed by atoms with Gasteiger partial charge in [0, 0.05) is 43.9 Å². The Balaban J connectivity index is 1.49. The first kappa shape index (κ1) is 21.4. The van der Waals surface area contributed by atoms with Gasteiger partial charge in [0.2, 0.25) is 0 Å². The van der Waals surface area contributed by atoms with Crippen molar-refractivity contribution in [3.8, 4) is 22.8 Å². The number of carbonyl (C=O) groups excluding carboxylic acids is 1. The van der Waals surface area contributed by atoms with E-state index in [1.807, 2.05) is 24.3 Å². The predicted octanol–water partition coefficient (Wildman–Crippen LogP) is 4.68. The molecule has 0 atom stereocenters. The molecule has 1 aliphatic heterocycles. The van der Waals surface area contributed by atoms with Gasteiger partial charge >= 0.3 is 0 Å². The number of phenols is 2. The molecule has 9 heteroatoms. The highest BCUT2D eigenvalue weighted by Crippen LogP contribution is 2.36. The van der Waals surface area contributed by atoms with Crippen LogP contribution in [0.1, 0.15) is 21.5 Å². The number of hydrogen-bond acceptors (Lipinski definition) is 5. The summed E-state index contributed by atoms with van der Waals surface area (Å²) in [4.78, 5) is 15.0. The molecule has 0 saturated heterocycles. The highest BCUT2D eigenvalue weighted by atomic mass is 19.1. The van der Waals surface area contributed by atoms with Crippen LogP contribution in [0.2, 0.25) is 0 Å². The fourth-order valence-corrected chi connectivity index (χ4v) is 4.12. The molecule has 1 aliphatic rings. The number of phenolic OH excluding ortho intramolecular Hbond substituents is 2. The molecule has 4 aromatic rings. The molecule has 0 spiro atoms. The lowest BCUT2D eigenvalue weighted by atomic mass is 10.1. The van der Waals surface area contributed by atoms with Gasteiger partial charge in [0.05, 0.1) is 11.4 Å². The molecule has 1 amide bonds. The van der Waals surface area contributed by atoms with Crippen LogP contribution in [0.3, 0.4) is 0 Å². The van der Waals surface area contributed by atoms with Crippen LogP contribution in [0, 0.1) is 11.6 Å². The molecule has 1 aromatic heterocycles. The van der Waals surface area contributed by atoms with Crippen molar-refractivity contribution in [2.24, 2.45) is 7.05 Å². The van der Waals surface area contributed by atoms with Crippen molar-refractivity contribution >= 4 is 17.4 Å². The zero-order chi connectivity index (χ0) is 24.0. The van der Waals surface area contributed by atoms with E-state index in [1.165, 1.54) is 16.8 Å². The van der Waals surface area contributed by atoms with E-state index < -0.39 is 17.5 Å². The number of aromatic hydroxyl groups is 2. The first-order valence-corrected chi connectivity index (χ1v) is 10.5. The second-order valence-electron chi connectivity index (χ2n) is 8.10. The number of hydrogen-bond donors (Lipinski definition) is 3. The van der Waals surface area contributed by atoms with Crippen molar-refractivity contribution < 1.29 is 23.8 Å². The van der Waals surface area contributed by atoms with Crippen LogP contribution in [0.15, 0.2) is 60.7 Å². The average molecular weight is 462 g/mol. The van der Waals surface area contributed by atoms with Crippen molar-refractivity contribution in [3.63, 3.8) is 0 Å². The SMILES string of the molecule is Cn1nc(-c2cc(F)ccc2F)cc1Nc1cc(O)cc(O)c1C(=O)N1Cc2ccccc2C1. The number of fused-ring (bicyclic) bond motifs is 1. The van der Waals surface area contributed by atoms with Crippen LogP contribution in [-0.2, 0) is 20.1 Å². The van der Waals surface area contributed by atoms with Gasteiger partial charge < -0.3 is 20.4 Å². The van der Waals surface area contributed by atoms with E-state index in [-0.39, 0.29) is 34.0 Å². The number of benzene rings is 3. The van der Waals surface area contributed by atoms with Gasteiger partial charge in [-0.2, -0.15) is 5.10 Å². The number of amides is 1. The van der Waals surface area contributed by atoms with E-state index in [0.29, 0.717) is 18.9 Å². The van der Waals surface area contributed by atoms with Crippen molar-refractivity contribution in [2.45, 2.75) is 13.1 Å². The summed E-state index contributed by atoms with van der Waals surface area (Å²) >= 11 is 0. The Bertz CT molecular complexity index is 1410. The highest BCUT2D eigenvalue weighted by Gasteiger charge is 2.28. The highest BCUT2D eigenvalue weighted by molar-refractivity contribution is 6.03. The average Bonchev–Trinajstić information content (AvgIpc) is 3.38. The van der Waals surface area contributed by atoms with Crippen LogP contribution in [0.5, 0.6) is 11.5 Å². The first-order chi connectivity index (χ1) is 16.3. The second kappa shape index (κ2) is 8.18. The number of aryl methyl sites for hydroxylation is 1. The van der Waals surface area contributed by atoms with E-state index in [0.717, 1.165) is 35.4 Å². The summed E-state index contributed by atoms with van der Waals surface area (Å²) in [6.07, 6.45) is 0. The maximum atomic E-state index is 14.2. The monoisotopic (exact) mass is 462 g/mol. The number of anilines is 2. The summed E-state index contributed by atoms with van der Waals surface area (Å²) in [5.74, 6) is -1.96. The quantitative estimate of drug-likeness (QED) is 0.410. The fraction of sp³-hybridized carbons (Fsp3) is 0.120. The van der Waals surface area contributed by atoms with Gasteiger partial charge in [-0.3, -0.25) is 9.48 Å². The number of halogens is 2. The van der Waals surface area contributed by atoms with Crippen molar-refractivity contribution in [1.29, 1.82) is 0 Å². The molecule has 0 radical (unpaired) electrons. The summed E-state index contributed by atoms with van der Waals surface area (Å²) in [5, 5.41) is 27.8. The van der Waals surface area contributed by atoms with Gasteiger partial charge in [0.15, 0.2) is 0 Å². The van der Waals surface area contributed by atoms with E-state index in [9.17, 15) is 23.8 Å². The summed E-state index contributed by atoms with van der Waals surface area (Å²) in [6, 6.07) is 14.7. The second-order valence-corrected chi connectivity index (χ2v) is 8.10. The Hall–Kier alpha value is -4.40. The number of nitrogens with one attached hydrogen (secondary N) is 1. The molecule has 172 valence electrons. The van der Waals surface area contributed by atoms with Crippen LogP contribution >= 0.6 is 0 Å². The molecule has 0 bridgehead atoms. The number of aromatic nitrogens is 2. The van der Waals surface area contributed by atoms with Crippen molar-refractivity contribution in [1.82, 2.24) is 14.7 Å². The zero-order valence-electron chi connectivity index (χ0n) is 18.1. The van der Waals surface area contributed by atoms with Crippen molar-refractivity contribution in [2.75, 3.05) is 5.32 Å². The standard InChI is InChI=1S/C25H20F2N4O3/c1-30-23(11-20(29-30)18-8-16(26)6-7-19(18)27)28-21-9-17(32)10-22(33)24(21)25(34)31-12-14-4-2-3-5-15(14)13-31/h2-11,28,32-33H,12-13H2,1H3. The molecule has 0 saturated carbocycles. The molecule has 3 aromatic carbocycles. The minimum Gasteiger partial charge on any atom is -0.508 e. The van der Waals surface area contributed by atoms with Gasteiger partial charge in [-0.15, -0.1) is 0 Å². The molecule has 0 aliphatic carbocycles. The zero-order valence-corrected chi connectivity index (χ0v) is 18.1. The summed E-state index contributed by atoms with van der Waals surface area (Å²) in [6.45, 7) is 0.785. The molecule has 7 nitrogen and oxygen atoms in total. The third kappa shape index (κ3) is 3.81.